The van der Waals surface area contributed by atoms with Crippen LogP contribution in [0.2, 0.25) is 0 Å². The van der Waals surface area contributed by atoms with Gasteiger partial charge in [0.2, 0.25) is 5.91 Å². The van der Waals surface area contributed by atoms with Crippen LogP contribution in [0.5, 0.6) is 0 Å². The lowest BCUT2D eigenvalue weighted by atomic mass is 9.97. The van der Waals surface area contributed by atoms with Crippen molar-refractivity contribution in [3.05, 3.63) is 29.8 Å². The number of carbonyl (C=O) groups is 2. The molecule has 0 radical (unpaired) electrons. The third-order valence-electron chi connectivity index (χ3n) is 3.33. The van der Waals surface area contributed by atoms with E-state index in [4.69, 9.17) is 5.11 Å². The third kappa shape index (κ3) is 2.70. The van der Waals surface area contributed by atoms with Crippen molar-refractivity contribution < 1.29 is 14.7 Å². The Morgan fingerprint density at radius 1 is 1.39 bits per heavy atom. The SMILES string of the molecule is CC(CC(=O)O)c1ccc(N2CCCC2=O)cc1. The summed E-state index contributed by atoms with van der Waals surface area (Å²) in [6.07, 6.45) is 1.66. The number of anilines is 1. The molecule has 1 saturated heterocycles. The lowest BCUT2D eigenvalue weighted by Gasteiger charge is -2.17. The number of aliphatic carboxylic acids is 1. The first-order chi connectivity index (χ1) is 8.58. The van der Waals surface area contributed by atoms with Crippen molar-refractivity contribution >= 4 is 17.6 Å². The van der Waals surface area contributed by atoms with Gasteiger partial charge in [0.05, 0.1) is 6.42 Å². The molecular formula is C14H17NO3. The summed E-state index contributed by atoms with van der Waals surface area (Å²) in [6.45, 7) is 2.67. The van der Waals surface area contributed by atoms with Crippen LogP contribution >= 0.6 is 0 Å². The summed E-state index contributed by atoms with van der Waals surface area (Å²) in [5, 5.41) is 8.75. The van der Waals surface area contributed by atoms with E-state index in [1.54, 1.807) is 4.90 Å². The number of carboxylic acid groups (broad SMARTS) is 1. The van der Waals surface area contributed by atoms with Crippen molar-refractivity contribution in [3.8, 4) is 0 Å². The van der Waals surface area contributed by atoms with E-state index in [9.17, 15) is 9.59 Å². The Bertz CT molecular complexity index is 453. The standard InChI is InChI=1S/C14H17NO3/c1-10(9-14(17)18)11-4-6-12(7-5-11)15-8-2-3-13(15)16/h4-7,10H,2-3,8-9H2,1H3,(H,17,18). The van der Waals surface area contributed by atoms with Gasteiger partial charge in [-0.1, -0.05) is 19.1 Å². The fourth-order valence-corrected chi connectivity index (χ4v) is 2.28. The molecule has 0 spiro atoms. The van der Waals surface area contributed by atoms with Crippen molar-refractivity contribution in [2.24, 2.45) is 0 Å². The molecule has 4 nitrogen and oxygen atoms in total. The molecule has 96 valence electrons. The van der Waals surface area contributed by atoms with Crippen LogP contribution in [0.1, 0.15) is 37.7 Å². The molecule has 1 aromatic rings. The second-order valence-corrected chi connectivity index (χ2v) is 4.74. The minimum absolute atomic E-state index is 0.00849. The number of hydrogen-bond acceptors (Lipinski definition) is 2. The average Bonchev–Trinajstić information content (AvgIpc) is 2.75. The highest BCUT2D eigenvalue weighted by Crippen LogP contribution is 2.25. The predicted octanol–water partition coefficient (Wildman–Crippen LogP) is 2.39. The molecule has 0 saturated carbocycles. The molecule has 2 rings (SSSR count). The fraction of sp³-hybridized carbons (Fsp3) is 0.429. The summed E-state index contributed by atoms with van der Waals surface area (Å²) >= 11 is 0. The Kier molecular flexibility index (Phi) is 3.65. The Hall–Kier alpha value is -1.84. The van der Waals surface area contributed by atoms with E-state index in [-0.39, 0.29) is 18.2 Å². The number of carbonyl (C=O) groups excluding carboxylic acids is 1. The normalized spacial score (nSPS) is 16.9. The van der Waals surface area contributed by atoms with Crippen LogP contribution in [0.3, 0.4) is 0 Å². The summed E-state index contributed by atoms with van der Waals surface area (Å²) in [5.41, 5.74) is 1.90. The molecule has 1 aromatic carbocycles. The summed E-state index contributed by atoms with van der Waals surface area (Å²) in [7, 11) is 0. The molecule has 4 heteroatoms. The number of carboxylic acids is 1. The van der Waals surface area contributed by atoms with Crippen LogP contribution in [0.4, 0.5) is 5.69 Å². The molecular weight excluding hydrogens is 230 g/mol. The highest BCUT2D eigenvalue weighted by Gasteiger charge is 2.21. The first-order valence-electron chi connectivity index (χ1n) is 6.20. The molecule has 0 aromatic heterocycles. The van der Waals surface area contributed by atoms with E-state index in [0.29, 0.717) is 6.42 Å². The van der Waals surface area contributed by atoms with Gasteiger partial charge in [-0.15, -0.1) is 0 Å². The van der Waals surface area contributed by atoms with Gasteiger partial charge in [0.15, 0.2) is 0 Å². The zero-order valence-corrected chi connectivity index (χ0v) is 10.4. The van der Waals surface area contributed by atoms with Gasteiger partial charge in [0, 0.05) is 18.7 Å². The van der Waals surface area contributed by atoms with Crippen LogP contribution in [-0.2, 0) is 9.59 Å². The summed E-state index contributed by atoms with van der Waals surface area (Å²) < 4.78 is 0. The molecule has 1 aliphatic heterocycles. The van der Waals surface area contributed by atoms with Crippen molar-refractivity contribution in [2.45, 2.75) is 32.1 Å². The van der Waals surface area contributed by atoms with E-state index in [1.165, 1.54) is 0 Å². The first-order valence-corrected chi connectivity index (χ1v) is 6.20. The highest BCUT2D eigenvalue weighted by molar-refractivity contribution is 5.95. The van der Waals surface area contributed by atoms with Crippen LogP contribution in [0, 0.1) is 0 Å². The fourth-order valence-electron chi connectivity index (χ4n) is 2.28. The van der Waals surface area contributed by atoms with Gasteiger partial charge in [-0.05, 0) is 30.0 Å². The molecule has 0 bridgehead atoms. The largest absolute Gasteiger partial charge is 0.481 e. The van der Waals surface area contributed by atoms with E-state index >= 15 is 0 Å². The van der Waals surface area contributed by atoms with Crippen molar-refractivity contribution in [1.29, 1.82) is 0 Å². The first kappa shape index (κ1) is 12.6. The maximum atomic E-state index is 11.6. The van der Waals surface area contributed by atoms with Gasteiger partial charge < -0.3 is 10.0 Å². The van der Waals surface area contributed by atoms with Gasteiger partial charge in [-0.3, -0.25) is 9.59 Å². The summed E-state index contributed by atoms with van der Waals surface area (Å²) in [4.78, 5) is 24.0. The molecule has 1 unspecified atom stereocenters. The maximum absolute atomic E-state index is 11.6. The number of benzene rings is 1. The van der Waals surface area contributed by atoms with E-state index in [2.05, 4.69) is 0 Å². The van der Waals surface area contributed by atoms with Crippen LogP contribution in [-0.4, -0.2) is 23.5 Å². The van der Waals surface area contributed by atoms with Crippen molar-refractivity contribution in [3.63, 3.8) is 0 Å². The molecule has 18 heavy (non-hydrogen) atoms. The van der Waals surface area contributed by atoms with E-state index in [0.717, 1.165) is 24.2 Å². The zero-order valence-electron chi connectivity index (χ0n) is 10.4. The van der Waals surface area contributed by atoms with Crippen LogP contribution in [0.15, 0.2) is 24.3 Å². The Labute approximate surface area is 106 Å². The van der Waals surface area contributed by atoms with Crippen LogP contribution < -0.4 is 4.90 Å². The minimum Gasteiger partial charge on any atom is -0.481 e. The molecule has 1 N–H and O–H groups in total. The Morgan fingerprint density at radius 2 is 2.06 bits per heavy atom. The number of rotatable bonds is 4. The van der Waals surface area contributed by atoms with E-state index < -0.39 is 5.97 Å². The topological polar surface area (TPSA) is 57.6 Å². The Balaban J connectivity index is 2.10. The molecule has 1 heterocycles. The van der Waals surface area contributed by atoms with Crippen molar-refractivity contribution in [1.82, 2.24) is 0 Å². The highest BCUT2D eigenvalue weighted by atomic mass is 16.4. The van der Waals surface area contributed by atoms with Crippen LogP contribution in [0.25, 0.3) is 0 Å². The number of hydrogen-bond donors (Lipinski definition) is 1. The van der Waals surface area contributed by atoms with Crippen molar-refractivity contribution in [2.75, 3.05) is 11.4 Å². The molecule has 1 atom stereocenters. The van der Waals surface area contributed by atoms with Gasteiger partial charge >= 0.3 is 5.97 Å². The van der Waals surface area contributed by atoms with Gasteiger partial charge in [-0.2, -0.15) is 0 Å². The predicted molar refractivity (Wildman–Crippen MR) is 68.7 cm³/mol. The second kappa shape index (κ2) is 5.21. The molecule has 1 aliphatic rings. The maximum Gasteiger partial charge on any atom is 0.303 e. The summed E-state index contributed by atoms with van der Waals surface area (Å²) in [5.74, 6) is -0.631. The smallest absolute Gasteiger partial charge is 0.303 e. The number of amides is 1. The minimum atomic E-state index is -0.790. The quantitative estimate of drug-likeness (QED) is 0.888. The molecule has 0 aliphatic carbocycles. The monoisotopic (exact) mass is 247 g/mol. The molecule has 1 amide bonds. The zero-order chi connectivity index (χ0) is 13.1. The summed E-state index contributed by atoms with van der Waals surface area (Å²) in [6, 6.07) is 7.62. The van der Waals surface area contributed by atoms with Gasteiger partial charge in [0.25, 0.3) is 0 Å². The third-order valence-corrected chi connectivity index (χ3v) is 3.33. The average molecular weight is 247 g/mol. The lowest BCUT2D eigenvalue weighted by molar-refractivity contribution is -0.137. The molecule has 1 fully saturated rings. The van der Waals surface area contributed by atoms with E-state index in [1.807, 2.05) is 31.2 Å². The van der Waals surface area contributed by atoms with Gasteiger partial charge in [-0.25, -0.2) is 0 Å². The van der Waals surface area contributed by atoms with Gasteiger partial charge in [0.1, 0.15) is 0 Å². The second-order valence-electron chi connectivity index (χ2n) is 4.74. The number of nitrogens with zero attached hydrogens (tertiary/aromatic N) is 1. The Morgan fingerprint density at radius 3 is 2.56 bits per heavy atom. The lowest BCUT2D eigenvalue weighted by Crippen LogP contribution is -2.23.